The van der Waals surface area contributed by atoms with E-state index in [-0.39, 0.29) is 12.4 Å². The molecule has 47 heavy (non-hydrogen) atoms. The van der Waals surface area contributed by atoms with E-state index in [1.54, 1.807) is 6.08 Å². The molecular formula is C44H55NO2. The SMILES string of the molecule is CCCCCCCCCCCCCC=CC(=O)C(COCc1ccccc1)NC(c1ccccc1)(c1ccccc1)c1ccccc1. The average molecular weight is 630 g/mol. The molecule has 0 aromatic heterocycles. The summed E-state index contributed by atoms with van der Waals surface area (Å²) in [5.41, 5.74) is 3.55. The highest BCUT2D eigenvalue weighted by molar-refractivity contribution is 5.94. The van der Waals surface area contributed by atoms with E-state index in [1.165, 1.54) is 64.2 Å². The molecule has 0 aliphatic rings. The second kappa shape index (κ2) is 21.2. The molecule has 3 nitrogen and oxygen atoms in total. The van der Waals surface area contributed by atoms with Crippen LogP contribution in [-0.2, 0) is 21.7 Å². The summed E-state index contributed by atoms with van der Waals surface area (Å²) >= 11 is 0. The molecule has 0 saturated carbocycles. The van der Waals surface area contributed by atoms with Crippen molar-refractivity contribution < 1.29 is 9.53 Å². The molecule has 248 valence electrons. The van der Waals surface area contributed by atoms with Crippen LogP contribution in [0.1, 0.15) is 106 Å². The van der Waals surface area contributed by atoms with Gasteiger partial charge < -0.3 is 4.74 Å². The number of hydrogen-bond acceptors (Lipinski definition) is 3. The number of rotatable bonds is 23. The molecule has 1 N–H and O–H groups in total. The van der Waals surface area contributed by atoms with Gasteiger partial charge in [0.15, 0.2) is 5.78 Å². The molecular weight excluding hydrogens is 574 g/mol. The minimum atomic E-state index is -0.760. The molecule has 0 fully saturated rings. The predicted molar refractivity (Wildman–Crippen MR) is 197 cm³/mol. The molecule has 0 spiro atoms. The van der Waals surface area contributed by atoms with Gasteiger partial charge in [-0.25, -0.2) is 0 Å². The molecule has 0 radical (unpaired) electrons. The van der Waals surface area contributed by atoms with Crippen molar-refractivity contribution in [3.05, 3.63) is 156 Å². The Balaban J connectivity index is 1.46. The Bertz CT molecular complexity index is 1310. The standard InChI is InChI=1S/C44H55NO2/c1-2-3-4-5-6-7-8-9-10-11-12-13-26-35-43(46)42(37-47-36-38-27-18-14-19-28-38)45-44(39-29-20-15-21-30-39,40-31-22-16-23-32-40)41-33-24-17-25-34-41/h14-35,42,45H,2-13,36-37H2,1H3. The molecule has 1 unspecified atom stereocenters. The predicted octanol–water partition coefficient (Wildman–Crippen LogP) is 11.0. The average Bonchev–Trinajstić information content (AvgIpc) is 3.13. The number of ether oxygens (including phenoxy) is 1. The molecule has 0 saturated heterocycles. The van der Waals surface area contributed by atoms with E-state index in [1.807, 2.05) is 36.4 Å². The van der Waals surface area contributed by atoms with Crippen molar-refractivity contribution in [2.75, 3.05) is 6.61 Å². The van der Waals surface area contributed by atoms with Crippen molar-refractivity contribution in [3.63, 3.8) is 0 Å². The Hall–Kier alpha value is -3.79. The number of unbranched alkanes of at least 4 members (excludes halogenated alkanes) is 11. The fourth-order valence-electron chi connectivity index (χ4n) is 6.38. The lowest BCUT2D eigenvalue weighted by molar-refractivity contribution is -0.118. The topological polar surface area (TPSA) is 38.3 Å². The summed E-state index contributed by atoms with van der Waals surface area (Å²) in [5, 5.41) is 3.87. The highest BCUT2D eigenvalue weighted by Crippen LogP contribution is 2.37. The molecule has 0 aliphatic heterocycles. The Morgan fingerprint density at radius 1 is 0.617 bits per heavy atom. The van der Waals surface area contributed by atoms with E-state index < -0.39 is 11.6 Å². The van der Waals surface area contributed by atoms with Crippen LogP contribution in [0.2, 0.25) is 0 Å². The van der Waals surface area contributed by atoms with Gasteiger partial charge in [-0.15, -0.1) is 0 Å². The van der Waals surface area contributed by atoms with Crippen molar-refractivity contribution in [1.29, 1.82) is 0 Å². The summed E-state index contributed by atoms with van der Waals surface area (Å²) < 4.78 is 6.26. The summed E-state index contributed by atoms with van der Waals surface area (Å²) in [6.45, 7) is 2.98. The molecule has 1 atom stereocenters. The number of nitrogens with one attached hydrogen (secondary N) is 1. The van der Waals surface area contributed by atoms with Gasteiger partial charge in [0.25, 0.3) is 0 Å². The molecule has 0 heterocycles. The third-order valence-electron chi connectivity index (χ3n) is 9.01. The van der Waals surface area contributed by atoms with E-state index in [2.05, 4.69) is 103 Å². The van der Waals surface area contributed by atoms with Gasteiger partial charge in [-0.2, -0.15) is 0 Å². The van der Waals surface area contributed by atoms with Crippen LogP contribution in [0.4, 0.5) is 0 Å². The molecule has 4 aromatic carbocycles. The summed E-state index contributed by atoms with van der Waals surface area (Å²) in [5.74, 6) is 0.0355. The first-order chi connectivity index (χ1) is 23.2. The van der Waals surface area contributed by atoms with Crippen LogP contribution in [0, 0.1) is 0 Å². The first kappa shape index (κ1) is 36.1. The maximum Gasteiger partial charge on any atom is 0.174 e. The van der Waals surface area contributed by atoms with E-state index in [9.17, 15) is 4.79 Å². The Kier molecular flexibility index (Phi) is 16.2. The smallest absolute Gasteiger partial charge is 0.174 e. The van der Waals surface area contributed by atoms with Crippen molar-refractivity contribution in [1.82, 2.24) is 5.32 Å². The minimum absolute atomic E-state index is 0.0355. The second-order valence-corrected chi connectivity index (χ2v) is 12.7. The minimum Gasteiger partial charge on any atom is -0.375 e. The Morgan fingerprint density at radius 3 is 1.51 bits per heavy atom. The van der Waals surface area contributed by atoms with Crippen LogP contribution in [-0.4, -0.2) is 18.4 Å². The molecule has 0 aliphatic carbocycles. The maximum absolute atomic E-state index is 14.0. The number of benzene rings is 4. The number of hydrogen-bond donors (Lipinski definition) is 1. The van der Waals surface area contributed by atoms with Crippen molar-refractivity contribution in [2.45, 2.75) is 102 Å². The third kappa shape index (κ3) is 11.8. The third-order valence-corrected chi connectivity index (χ3v) is 9.01. The van der Waals surface area contributed by atoms with Crippen molar-refractivity contribution in [2.24, 2.45) is 0 Å². The fraction of sp³-hybridized carbons (Fsp3) is 0.386. The van der Waals surface area contributed by atoms with Crippen LogP contribution in [0.5, 0.6) is 0 Å². The zero-order valence-electron chi connectivity index (χ0n) is 28.5. The van der Waals surface area contributed by atoms with Gasteiger partial charge in [-0.1, -0.05) is 199 Å². The van der Waals surface area contributed by atoms with Gasteiger partial charge in [0.2, 0.25) is 0 Å². The van der Waals surface area contributed by atoms with Gasteiger partial charge in [-0.05, 0) is 41.2 Å². The van der Waals surface area contributed by atoms with E-state index in [0.29, 0.717) is 6.61 Å². The number of ketones is 1. The highest BCUT2D eigenvalue weighted by Gasteiger charge is 2.39. The lowest BCUT2D eigenvalue weighted by atomic mass is 9.76. The number of allylic oxidation sites excluding steroid dienone is 1. The molecule has 0 amide bonds. The van der Waals surface area contributed by atoms with Gasteiger partial charge in [-0.3, -0.25) is 10.1 Å². The maximum atomic E-state index is 14.0. The lowest BCUT2D eigenvalue weighted by Crippen LogP contribution is -2.54. The zero-order chi connectivity index (χ0) is 32.8. The first-order valence-corrected chi connectivity index (χ1v) is 18.0. The fourth-order valence-corrected chi connectivity index (χ4v) is 6.38. The van der Waals surface area contributed by atoms with Crippen LogP contribution < -0.4 is 5.32 Å². The number of carbonyl (C=O) groups excluding carboxylic acids is 1. The normalized spacial score (nSPS) is 12.4. The second-order valence-electron chi connectivity index (χ2n) is 12.7. The van der Waals surface area contributed by atoms with Gasteiger partial charge in [0.1, 0.15) is 0 Å². The van der Waals surface area contributed by atoms with Crippen LogP contribution >= 0.6 is 0 Å². The zero-order valence-corrected chi connectivity index (χ0v) is 28.5. The van der Waals surface area contributed by atoms with Crippen LogP contribution in [0.25, 0.3) is 0 Å². The number of carbonyl (C=O) groups is 1. The molecule has 4 rings (SSSR count). The Morgan fingerprint density at radius 2 is 1.04 bits per heavy atom. The van der Waals surface area contributed by atoms with Crippen LogP contribution in [0.3, 0.4) is 0 Å². The van der Waals surface area contributed by atoms with E-state index in [0.717, 1.165) is 35.1 Å². The highest BCUT2D eigenvalue weighted by atomic mass is 16.5. The largest absolute Gasteiger partial charge is 0.375 e. The van der Waals surface area contributed by atoms with Crippen LogP contribution in [0.15, 0.2) is 133 Å². The van der Waals surface area contributed by atoms with Gasteiger partial charge in [0, 0.05) is 0 Å². The lowest BCUT2D eigenvalue weighted by Gasteiger charge is -2.39. The van der Waals surface area contributed by atoms with Crippen molar-refractivity contribution >= 4 is 5.78 Å². The van der Waals surface area contributed by atoms with Gasteiger partial charge in [0.05, 0.1) is 24.8 Å². The van der Waals surface area contributed by atoms with E-state index >= 15 is 0 Å². The Labute approximate surface area is 284 Å². The summed E-state index contributed by atoms with van der Waals surface area (Å²) in [6.07, 6.45) is 19.3. The molecule has 4 aromatic rings. The van der Waals surface area contributed by atoms with Gasteiger partial charge >= 0.3 is 0 Å². The monoisotopic (exact) mass is 629 g/mol. The first-order valence-electron chi connectivity index (χ1n) is 18.0. The molecule has 3 heteroatoms. The quantitative estimate of drug-likeness (QED) is 0.0504. The van der Waals surface area contributed by atoms with Crippen molar-refractivity contribution in [3.8, 4) is 0 Å². The summed E-state index contributed by atoms with van der Waals surface area (Å²) in [6, 6.07) is 40.9. The summed E-state index contributed by atoms with van der Waals surface area (Å²) in [4.78, 5) is 14.0. The van der Waals surface area contributed by atoms with E-state index in [4.69, 9.17) is 4.74 Å². The summed E-state index contributed by atoms with van der Waals surface area (Å²) in [7, 11) is 0. The molecule has 0 bridgehead atoms.